The molecular formula is C12H22N2O2. The minimum atomic E-state index is -0.331. The largest absolute Gasteiger partial charge is 0.351 e. The second kappa shape index (κ2) is 5.27. The lowest BCUT2D eigenvalue weighted by Crippen LogP contribution is -2.63. The van der Waals surface area contributed by atoms with E-state index in [4.69, 9.17) is 9.47 Å². The van der Waals surface area contributed by atoms with Crippen LogP contribution in [0.5, 0.6) is 0 Å². The number of nitrogens with one attached hydrogen (secondary N) is 1. The molecule has 1 N–H and O–H groups in total. The molecule has 2 heterocycles. The Morgan fingerprint density at radius 1 is 1.38 bits per heavy atom. The van der Waals surface area contributed by atoms with Gasteiger partial charge in [0, 0.05) is 27.3 Å². The van der Waals surface area contributed by atoms with Crippen molar-refractivity contribution in [3.05, 3.63) is 11.6 Å². The number of ether oxygens (including phenoxy) is 2. The molecule has 0 aliphatic carbocycles. The molecule has 0 atom stereocenters. The molecule has 4 nitrogen and oxygen atoms in total. The molecule has 0 bridgehead atoms. The minimum Gasteiger partial charge on any atom is -0.351 e. The van der Waals surface area contributed by atoms with Crippen molar-refractivity contribution in [2.24, 2.45) is 0 Å². The highest BCUT2D eigenvalue weighted by molar-refractivity contribution is 5.07. The van der Waals surface area contributed by atoms with Crippen LogP contribution in [-0.2, 0) is 9.47 Å². The van der Waals surface area contributed by atoms with Crippen molar-refractivity contribution in [2.75, 3.05) is 46.9 Å². The molecular weight excluding hydrogens is 204 g/mol. The molecule has 0 aromatic rings. The van der Waals surface area contributed by atoms with Crippen molar-refractivity contribution in [2.45, 2.75) is 18.6 Å². The maximum absolute atomic E-state index is 5.36. The quantitative estimate of drug-likeness (QED) is 0.550. The van der Waals surface area contributed by atoms with Gasteiger partial charge in [0.1, 0.15) is 0 Å². The lowest BCUT2D eigenvalue weighted by molar-refractivity contribution is -0.275. The van der Waals surface area contributed by atoms with Gasteiger partial charge in [-0.15, -0.1) is 0 Å². The molecule has 1 saturated heterocycles. The van der Waals surface area contributed by atoms with Crippen molar-refractivity contribution >= 4 is 0 Å². The first kappa shape index (κ1) is 12.0. The molecule has 0 aromatic carbocycles. The van der Waals surface area contributed by atoms with Crippen LogP contribution in [0.1, 0.15) is 12.8 Å². The number of methoxy groups -OCH3 is 2. The SMILES string of the molecule is COC1(OC)CN(CCC2=CCNCC2)C1. The Labute approximate surface area is 97.6 Å². The fourth-order valence-electron chi connectivity index (χ4n) is 2.33. The Balaban J connectivity index is 1.67. The highest BCUT2D eigenvalue weighted by Gasteiger charge is 2.43. The average Bonchev–Trinajstić information content (AvgIpc) is 2.30. The molecule has 0 spiro atoms. The molecule has 92 valence electrons. The summed E-state index contributed by atoms with van der Waals surface area (Å²) in [7, 11) is 3.44. The zero-order valence-electron chi connectivity index (χ0n) is 10.3. The summed E-state index contributed by atoms with van der Waals surface area (Å²) in [5, 5.41) is 3.33. The smallest absolute Gasteiger partial charge is 0.193 e. The molecule has 0 unspecified atom stereocenters. The first-order valence-corrected chi connectivity index (χ1v) is 5.99. The Kier molecular flexibility index (Phi) is 3.97. The van der Waals surface area contributed by atoms with E-state index >= 15 is 0 Å². The number of likely N-dealkylation sites (tertiary alicyclic amines) is 1. The fourth-order valence-corrected chi connectivity index (χ4v) is 2.33. The van der Waals surface area contributed by atoms with E-state index < -0.39 is 0 Å². The van der Waals surface area contributed by atoms with Crippen molar-refractivity contribution in [1.82, 2.24) is 10.2 Å². The van der Waals surface area contributed by atoms with E-state index in [-0.39, 0.29) is 5.79 Å². The summed E-state index contributed by atoms with van der Waals surface area (Å²) in [5.74, 6) is -0.331. The summed E-state index contributed by atoms with van der Waals surface area (Å²) in [5.41, 5.74) is 1.59. The van der Waals surface area contributed by atoms with Gasteiger partial charge in [-0.05, 0) is 19.4 Å². The maximum Gasteiger partial charge on any atom is 0.193 e. The van der Waals surface area contributed by atoms with Crippen LogP contribution in [0, 0.1) is 0 Å². The molecule has 16 heavy (non-hydrogen) atoms. The first-order chi connectivity index (χ1) is 7.78. The van der Waals surface area contributed by atoms with E-state index in [2.05, 4.69) is 16.3 Å². The monoisotopic (exact) mass is 226 g/mol. The number of hydrogen-bond donors (Lipinski definition) is 1. The molecule has 1 fully saturated rings. The maximum atomic E-state index is 5.36. The van der Waals surface area contributed by atoms with Gasteiger partial charge in [-0.25, -0.2) is 0 Å². The van der Waals surface area contributed by atoms with Crippen LogP contribution in [-0.4, -0.2) is 57.6 Å². The van der Waals surface area contributed by atoms with Crippen molar-refractivity contribution < 1.29 is 9.47 Å². The molecule has 4 heteroatoms. The Bertz CT molecular complexity index is 254. The Hall–Kier alpha value is -0.420. The summed E-state index contributed by atoms with van der Waals surface area (Å²) >= 11 is 0. The zero-order valence-corrected chi connectivity index (χ0v) is 10.3. The summed E-state index contributed by atoms with van der Waals surface area (Å²) in [4.78, 5) is 2.38. The van der Waals surface area contributed by atoms with Gasteiger partial charge in [0.15, 0.2) is 5.79 Å². The molecule has 0 aromatic heterocycles. The summed E-state index contributed by atoms with van der Waals surface area (Å²) < 4.78 is 10.7. The van der Waals surface area contributed by atoms with Crippen LogP contribution in [0.25, 0.3) is 0 Å². The van der Waals surface area contributed by atoms with Crippen LogP contribution in [0.15, 0.2) is 11.6 Å². The highest BCUT2D eigenvalue weighted by atomic mass is 16.7. The molecule has 0 amide bonds. The van der Waals surface area contributed by atoms with Crippen LogP contribution in [0.4, 0.5) is 0 Å². The predicted molar refractivity (Wildman–Crippen MR) is 63.4 cm³/mol. The van der Waals surface area contributed by atoms with Crippen molar-refractivity contribution in [3.8, 4) is 0 Å². The van der Waals surface area contributed by atoms with Gasteiger partial charge in [-0.2, -0.15) is 0 Å². The zero-order chi connectivity index (χ0) is 11.4. The normalized spacial score (nSPS) is 25.0. The van der Waals surface area contributed by atoms with Crippen LogP contribution in [0.3, 0.4) is 0 Å². The van der Waals surface area contributed by atoms with E-state index in [9.17, 15) is 0 Å². The van der Waals surface area contributed by atoms with Gasteiger partial charge in [0.2, 0.25) is 0 Å². The topological polar surface area (TPSA) is 33.7 Å². The molecule has 2 aliphatic heterocycles. The van der Waals surface area contributed by atoms with Gasteiger partial charge >= 0.3 is 0 Å². The fraction of sp³-hybridized carbons (Fsp3) is 0.833. The van der Waals surface area contributed by atoms with E-state index in [1.165, 1.54) is 12.8 Å². The molecule has 0 radical (unpaired) electrons. The van der Waals surface area contributed by atoms with Gasteiger partial charge in [-0.1, -0.05) is 11.6 Å². The Morgan fingerprint density at radius 2 is 2.12 bits per heavy atom. The third-order valence-electron chi connectivity index (χ3n) is 3.58. The minimum absolute atomic E-state index is 0.331. The van der Waals surface area contributed by atoms with E-state index in [0.29, 0.717) is 0 Å². The van der Waals surface area contributed by atoms with Crippen molar-refractivity contribution in [3.63, 3.8) is 0 Å². The van der Waals surface area contributed by atoms with Crippen LogP contribution < -0.4 is 5.32 Å². The summed E-state index contributed by atoms with van der Waals surface area (Å²) in [6.45, 7) is 5.08. The third-order valence-corrected chi connectivity index (χ3v) is 3.58. The second-order valence-corrected chi connectivity index (χ2v) is 4.60. The highest BCUT2D eigenvalue weighted by Crippen LogP contribution is 2.25. The van der Waals surface area contributed by atoms with E-state index in [0.717, 1.165) is 32.7 Å². The third kappa shape index (κ3) is 2.63. The molecule has 0 saturated carbocycles. The molecule has 2 rings (SSSR count). The lowest BCUT2D eigenvalue weighted by atomic mass is 10.0. The van der Waals surface area contributed by atoms with Gasteiger partial charge in [0.05, 0.1) is 13.1 Å². The molecule has 2 aliphatic rings. The summed E-state index contributed by atoms with van der Waals surface area (Å²) in [6, 6.07) is 0. The average molecular weight is 226 g/mol. The van der Waals surface area contributed by atoms with Gasteiger partial charge in [0.25, 0.3) is 0 Å². The number of nitrogens with zero attached hydrogens (tertiary/aromatic N) is 1. The van der Waals surface area contributed by atoms with Gasteiger partial charge < -0.3 is 14.8 Å². The number of rotatable bonds is 5. The number of hydrogen-bond acceptors (Lipinski definition) is 4. The van der Waals surface area contributed by atoms with Crippen LogP contribution in [0.2, 0.25) is 0 Å². The van der Waals surface area contributed by atoms with Crippen LogP contribution >= 0.6 is 0 Å². The Morgan fingerprint density at radius 3 is 2.69 bits per heavy atom. The lowest BCUT2D eigenvalue weighted by Gasteiger charge is -2.47. The second-order valence-electron chi connectivity index (χ2n) is 4.60. The first-order valence-electron chi connectivity index (χ1n) is 5.99. The van der Waals surface area contributed by atoms with E-state index in [1.807, 2.05) is 0 Å². The predicted octanol–water partition coefficient (Wildman–Crippen LogP) is 0.601. The van der Waals surface area contributed by atoms with Crippen molar-refractivity contribution in [1.29, 1.82) is 0 Å². The summed E-state index contributed by atoms with van der Waals surface area (Å²) in [6.07, 6.45) is 4.71. The van der Waals surface area contributed by atoms with E-state index in [1.54, 1.807) is 19.8 Å². The van der Waals surface area contributed by atoms with Gasteiger partial charge in [-0.3, -0.25) is 4.90 Å². The standard InChI is InChI=1S/C12H22N2O2/c1-15-12(16-2)9-14(10-12)8-5-11-3-6-13-7-4-11/h3,13H,4-10H2,1-2H3.